The lowest BCUT2D eigenvalue weighted by Crippen LogP contribution is -2.27. The van der Waals surface area contributed by atoms with E-state index in [9.17, 15) is 13.2 Å². The van der Waals surface area contributed by atoms with Crippen molar-refractivity contribution >= 4 is 15.8 Å². The average Bonchev–Trinajstić information content (AvgIpc) is 2.43. The summed E-state index contributed by atoms with van der Waals surface area (Å²) in [5, 5.41) is 0. The number of ketones is 1. The predicted octanol–water partition coefficient (Wildman–Crippen LogP) is 1.98. The number of carbonyl (C=O) groups excluding carboxylic acids is 1. The number of carbonyl (C=O) groups is 1. The Bertz CT molecular complexity index is 523. The van der Waals surface area contributed by atoms with Gasteiger partial charge in [0, 0.05) is 18.7 Å². The summed E-state index contributed by atoms with van der Waals surface area (Å²) in [6.45, 7) is 4.74. The lowest BCUT2D eigenvalue weighted by Gasteiger charge is -2.07. The maximum Gasteiger partial charge on any atom is 0.240 e. The summed E-state index contributed by atoms with van der Waals surface area (Å²) in [5.74, 6) is -0.0915. The first-order chi connectivity index (χ1) is 9.47. The van der Waals surface area contributed by atoms with Gasteiger partial charge in [-0.3, -0.25) is 4.79 Å². The van der Waals surface area contributed by atoms with Crippen molar-refractivity contribution in [3.8, 4) is 0 Å². The van der Waals surface area contributed by atoms with Crippen molar-refractivity contribution in [2.45, 2.75) is 31.6 Å². The summed E-state index contributed by atoms with van der Waals surface area (Å²) < 4.78 is 31.6. The summed E-state index contributed by atoms with van der Waals surface area (Å²) in [4.78, 5) is 11.3. The van der Waals surface area contributed by atoms with Crippen LogP contribution in [0.1, 0.15) is 37.0 Å². The van der Waals surface area contributed by atoms with Crippen LogP contribution in [0.5, 0.6) is 0 Å². The van der Waals surface area contributed by atoms with Gasteiger partial charge in [-0.25, -0.2) is 13.1 Å². The molecule has 0 heterocycles. The first-order valence-corrected chi connectivity index (χ1v) is 8.14. The zero-order chi connectivity index (χ0) is 15.0. The van der Waals surface area contributed by atoms with Crippen LogP contribution in [0.25, 0.3) is 0 Å². The van der Waals surface area contributed by atoms with Crippen LogP contribution in [0.4, 0.5) is 0 Å². The molecule has 0 atom stereocenters. The standard InChI is InChI=1S/C14H21NO4S/c1-3-4-10-19-11-9-15-20(17,18)14-7-5-13(6-8-14)12(2)16/h5-8,15H,3-4,9-11H2,1-2H3. The van der Waals surface area contributed by atoms with Crippen molar-refractivity contribution in [1.29, 1.82) is 0 Å². The van der Waals surface area contributed by atoms with Crippen LogP contribution in [0.15, 0.2) is 29.2 Å². The van der Waals surface area contributed by atoms with Crippen molar-refractivity contribution in [2.24, 2.45) is 0 Å². The quantitative estimate of drug-likeness (QED) is 0.559. The molecule has 1 N–H and O–H groups in total. The van der Waals surface area contributed by atoms with Gasteiger partial charge in [-0.1, -0.05) is 25.5 Å². The van der Waals surface area contributed by atoms with E-state index < -0.39 is 10.0 Å². The van der Waals surface area contributed by atoms with Crippen LogP contribution in [-0.4, -0.2) is 34.0 Å². The highest BCUT2D eigenvalue weighted by molar-refractivity contribution is 7.89. The summed E-state index contributed by atoms with van der Waals surface area (Å²) >= 11 is 0. The molecule has 0 radical (unpaired) electrons. The SMILES string of the molecule is CCCCOCCNS(=O)(=O)c1ccc(C(C)=O)cc1. The number of unbranched alkanes of at least 4 members (excludes halogenated alkanes) is 1. The largest absolute Gasteiger partial charge is 0.380 e. The maximum absolute atomic E-state index is 12.0. The summed E-state index contributed by atoms with van der Waals surface area (Å²) in [7, 11) is -3.54. The molecule has 20 heavy (non-hydrogen) atoms. The van der Waals surface area contributed by atoms with Gasteiger partial charge in [0.25, 0.3) is 0 Å². The number of Topliss-reactive ketones (excluding diaryl/α,β-unsaturated/α-hetero) is 1. The molecule has 0 amide bonds. The van der Waals surface area contributed by atoms with E-state index in [2.05, 4.69) is 11.6 Å². The van der Waals surface area contributed by atoms with Crippen molar-refractivity contribution in [1.82, 2.24) is 4.72 Å². The number of hydrogen-bond donors (Lipinski definition) is 1. The smallest absolute Gasteiger partial charge is 0.240 e. The molecule has 0 aliphatic carbocycles. The van der Waals surface area contributed by atoms with E-state index >= 15 is 0 Å². The second-order valence-electron chi connectivity index (χ2n) is 4.44. The van der Waals surface area contributed by atoms with E-state index in [4.69, 9.17) is 4.74 Å². The molecule has 0 saturated heterocycles. The molecule has 0 spiro atoms. The van der Waals surface area contributed by atoms with Gasteiger partial charge >= 0.3 is 0 Å². The van der Waals surface area contributed by atoms with Crippen LogP contribution < -0.4 is 4.72 Å². The molecule has 0 unspecified atom stereocenters. The molecule has 1 aromatic carbocycles. The first-order valence-electron chi connectivity index (χ1n) is 6.66. The molecule has 1 rings (SSSR count). The van der Waals surface area contributed by atoms with Crippen LogP contribution in [0, 0.1) is 0 Å². The minimum Gasteiger partial charge on any atom is -0.380 e. The normalized spacial score (nSPS) is 11.5. The van der Waals surface area contributed by atoms with Gasteiger partial charge in [-0.15, -0.1) is 0 Å². The Morgan fingerprint density at radius 3 is 2.40 bits per heavy atom. The molecule has 6 heteroatoms. The van der Waals surface area contributed by atoms with E-state index in [1.165, 1.54) is 31.2 Å². The molecule has 0 bridgehead atoms. The van der Waals surface area contributed by atoms with Crippen molar-refractivity contribution in [2.75, 3.05) is 19.8 Å². The van der Waals surface area contributed by atoms with Gasteiger partial charge in [0.2, 0.25) is 10.0 Å². The van der Waals surface area contributed by atoms with Crippen molar-refractivity contribution in [3.05, 3.63) is 29.8 Å². The van der Waals surface area contributed by atoms with E-state index in [-0.39, 0.29) is 17.2 Å². The molecule has 0 saturated carbocycles. The lowest BCUT2D eigenvalue weighted by molar-refractivity contribution is 0.101. The highest BCUT2D eigenvalue weighted by Crippen LogP contribution is 2.10. The Labute approximate surface area is 120 Å². The fraction of sp³-hybridized carbons (Fsp3) is 0.500. The minimum atomic E-state index is -3.54. The van der Waals surface area contributed by atoms with Crippen LogP contribution in [-0.2, 0) is 14.8 Å². The molecule has 0 aliphatic heterocycles. The van der Waals surface area contributed by atoms with E-state index in [1.807, 2.05) is 0 Å². The molecule has 1 aromatic rings. The zero-order valence-electron chi connectivity index (χ0n) is 11.9. The second-order valence-corrected chi connectivity index (χ2v) is 6.21. The highest BCUT2D eigenvalue weighted by atomic mass is 32.2. The van der Waals surface area contributed by atoms with Gasteiger partial charge in [0.05, 0.1) is 11.5 Å². The topological polar surface area (TPSA) is 72.5 Å². The predicted molar refractivity (Wildman–Crippen MR) is 77.4 cm³/mol. The highest BCUT2D eigenvalue weighted by Gasteiger charge is 2.13. The maximum atomic E-state index is 12.0. The van der Waals surface area contributed by atoms with E-state index in [1.54, 1.807) is 0 Å². The Morgan fingerprint density at radius 1 is 1.20 bits per heavy atom. The third kappa shape index (κ3) is 5.40. The van der Waals surface area contributed by atoms with Crippen LogP contribution >= 0.6 is 0 Å². The molecular weight excluding hydrogens is 278 g/mol. The number of benzene rings is 1. The number of rotatable bonds is 9. The summed E-state index contributed by atoms with van der Waals surface area (Å²) in [6.07, 6.45) is 2.02. The third-order valence-electron chi connectivity index (χ3n) is 2.75. The lowest BCUT2D eigenvalue weighted by atomic mass is 10.2. The number of ether oxygens (including phenoxy) is 1. The Balaban J connectivity index is 2.49. The minimum absolute atomic E-state index is 0.0915. The van der Waals surface area contributed by atoms with Crippen molar-refractivity contribution in [3.63, 3.8) is 0 Å². The molecule has 0 fully saturated rings. The number of nitrogens with one attached hydrogen (secondary N) is 1. The average molecular weight is 299 g/mol. The van der Waals surface area contributed by atoms with Gasteiger partial charge in [0.1, 0.15) is 0 Å². The fourth-order valence-electron chi connectivity index (χ4n) is 1.55. The molecule has 0 aromatic heterocycles. The number of hydrogen-bond acceptors (Lipinski definition) is 4. The molecule has 0 aliphatic rings. The second kappa shape index (κ2) is 8.14. The zero-order valence-corrected chi connectivity index (χ0v) is 12.7. The molecule has 112 valence electrons. The summed E-state index contributed by atoms with van der Waals surface area (Å²) in [5.41, 5.74) is 0.492. The van der Waals surface area contributed by atoms with E-state index in [0.717, 1.165) is 12.8 Å². The van der Waals surface area contributed by atoms with Crippen molar-refractivity contribution < 1.29 is 17.9 Å². The Kier molecular flexibility index (Phi) is 6.84. The Morgan fingerprint density at radius 2 is 1.85 bits per heavy atom. The van der Waals surface area contributed by atoms with Gasteiger partial charge in [0.15, 0.2) is 5.78 Å². The molecule has 5 nitrogen and oxygen atoms in total. The van der Waals surface area contributed by atoms with Gasteiger partial charge in [-0.2, -0.15) is 0 Å². The summed E-state index contributed by atoms with van der Waals surface area (Å²) in [6, 6.07) is 5.87. The number of sulfonamides is 1. The van der Waals surface area contributed by atoms with E-state index in [0.29, 0.717) is 18.8 Å². The van der Waals surface area contributed by atoms with Crippen LogP contribution in [0.2, 0.25) is 0 Å². The molecular formula is C14H21NO4S. The first kappa shape index (κ1) is 16.8. The monoisotopic (exact) mass is 299 g/mol. The van der Waals surface area contributed by atoms with Crippen LogP contribution in [0.3, 0.4) is 0 Å². The Hall–Kier alpha value is -1.24. The van der Waals surface area contributed by atoms with Gasteiger partial charge in [-0.05, 0) is 25.5 Å². The third-order valence-corrected chi connectivity index (χ3v) is 4.23. The fourth-order valence-corrected chi connectivity index (χ4v) is 2.56. The van der Waals surface area contributed by atoms with Gasteiger partial charge < -0.3 is 4.74 Å².